The molecule has 82 valence electrons. The number of carboxylic acids is 1. The van der Waals surface area contributed by atoms with Crippen molar-refractivity contribution in [3.8, 4) is 5.75 Å². The standard InChI is InChI=1S/C7H8O3.C3H4O2/c8-7(9)10-6-4-2-1-3-5-6;1-2-3(4)5/h1-5,7-9H;2H,1H2,(H,4,5). The van der Waals surface area contributed by atoms with Gasteiger partial charge < -0.3 is 20.1 Å². The Hall–Kier alpha value is -1.85. The number of ether oxygens (including phenoxy) is 1. The predicted octanol–water partition coefficient (Wildman–Crippen LogP) is 0.591. The van der Waals surface area contributed by atoms with Gasteiger partial charge in [-0.2, -0.15) is 0 Å². The van der Waals surface area contributed by atoms with Crippen LogP contribution in [0.1, 0.15) is 0 Å². The van der Waals surface area contributed by atoms with Crippen molar-refractivity contribution in [2.24, 2.45) is 0 Å². The van der Waals surface area contributed by atoms with E-state index in [1.54, 1.807) is 24.3 Å². The molecule has 0 radical (unpaired) electrons. The highest BCUT2D eigenvalue weighted by Crippen LogP contribution is 2.08. The van der Waals surface area contributed by atoms with Gasteiger partial charge in [0.25, 0.3) is 0 Å². The molecule has 0 amide bonds. The molecule has 0 bridgehead atoms. The van der Waals surface area contributed by atoms with Gasteiger partial charge in [0.15, 0.2) is 0 Å². The van der Waals surface area contributed by atoms with E-state index in [0.29, 0.717) is 5.75 Å². The maximum atomic E-state index is 9.25. The first kappa shape index (κ1) is 13.2. The first-order chi connectivity index (χ1) is 7.06. The fourth-order valence-electron chi connectivity index (χ4n) is 0.621. The molecule has 5 heteroatoms. The molecule has 0 saturated heterocycles. The summed E-state index contributed by atoms with van der Waals surface area (Å²) < 4.78 is 4.53. The van der Waals surface area contributed by atoms with Gasteiger partial charge in [-0.25, -0.2) is 4.79 Å². The lowest BCUT2D eigenvalue weighted by Crippen LogP contribution is -2.13. The topological polar surface area (TPSA) is 87.0 Å². The number of benzene rings is 1. The lowest BCUT2D eigenvalue weighted by molar-refractivity contribution is -0.179. The first-order valence-corrected chi connectivity index (χ1v) is 3.99. The zero-order chi connectivity index (χ0) is 11.7. The molecule has 0 heterocycles. The van der Waals surface area contributed by atoms with Gasteiger partial charge in [-0.3, -0.25) is 0 Å². The van der Waals surface area contributed by atoms with Gasteiger partial charge in [0.2, 0.25) is 0 Å². The van der Waals surface area contributed by atoms with Crippen LogP contribution in [-0.4, -0.2) is 27.8 Å². The van der Waals surface area contributed by atoms with Crippen LogP contribution in [-0.2, 0) is 4.79 Å². The quantitative estimate of drug-likeness (QED) is 0.504. The van der Waals surface area contributed by atoms with E-state index in [4.69, 9.17) is 15.3 Å². The maximum Gasteiger partial charge on any atom is 0.327 e. The van der Waals surface area contributed by atoms with Crippen molar-refractivity contribution in [3.05, 3.63) is 43.0 Å². The fraction of sp³-hybridized carbons (Fsp3) is 0.100. The van der Waals surface area contributed by atoms with Gasteiger partial charge in [0.05, 0.1) is 0 Å². The van der Waals surface area contributed by atoms with Crippen LogP contribution < -0.4 is 4.74 Å². The Bertz CT molecular complexity index is 294. The number of hydrogen-bond acceptors (Lipinski definition) is 4. The molecule has 0 aliphatic heterocycles. The van der Waals surface area contributed by atoms with E-state index >= 15 is 0 Å². The lowest BCUT2D eigenvalue weighted by Gasteiger charge is -2.05. The normalized spacial score (nSPS) is 8.73. The van der Waals surface area contributed by atoms with Gasteiger partial charge in [-0.1, -0.05) is 24.8 Å². The molecular weight excluding hydrogens is 200 g/mol. The first-order valence-electron chi connectivity index (χ1n) is 3.99. The summed E-state index contributed by atoms with van der Waals surface area (Å²) in [5.41, 5.74) is 0. The average Bonchev–Trinajstić information content (AvgIpc) is 2.19. The molecule has 15 heavy (non-hydrogen) atoms. The van der Waals surface area contributed by atoms with Crippen LogP contribution in [0, 0.1) is 0 Å². The number of aliphatic carboxylic acids is 1. The van der Waals surface area contributed by atoms with E-state index < -0.39 is 12.4 Å². The van der Waals surface area contributed by atoms with Crippen molar-refractivity contribution >= 4 is 5.97 Å². The van der Waals surface area contributed by atoms with Crippen LogP contribution in [0.15, 0.2) is 43.0 Å². The van der Waals surface area contributed by atoms with Crippen molar-refractivity contribution in [2.75, 3.05) is 0 Å². The van der Waals surface area contributed by atoms with Crippen molar-refractivity contribution in [1.82, 2.24) is 0 Å². The third-order valence-electron chi connectivity index (χ3n) is 1.16. The Kier molecular flexibility index (Phi) is 6.61. The summed E-state index contributed by atoms with van der Waals surface area (Å²) in [5.74, 6) is -0.539. The summed E-state index contributed by atoms with van der Waals surface area (Å²) in [6, 6.07) is 8.59. The summed E-state index contributed by atoms with van der Waals surface area (Å²) in [4.78, 5) is 9.25. The minimum atomic E-state index is -1.73. The zero-order valence-electron chi connectivity index (χ0n) is 7.91. The van der Waals surface area contributed by atoms with Crippen molar-refractivity contribution in [2.45, 2.75) is 6.48 Å². The molecule has 0 unspecified atom stereocenters. The van der Waals surface area contributed by atoms with Gasteiger partial charge in [0, 0.05) is 6.08 Å². The van der Waals surface area contributed by atoms with Gasteiger partial charge in [0.1, 0.15) is 5.75 Å². The molecular formula is C10H12O5. The molecule has 0 atom stereocenters. The smallest absolute Gasteiger partial charge is 0.327 e. The third kappa shape index (κ3) is 8.48. The monoisotopic (exact) mass is 212 g/mol. The molecule has 0 fully saturated rings. The molecule has 0 spiro atoms. The minimum Gasteiger partial charge on any atom is -0.478 e. The summed E-state index contributed by atoms with van der Waals surface area (Å²) >= 11 is 0. The Labute approximate surface area is 86.9 Å². The third-order valence-corrected chi connectivity index (χ3v) is 1.16. The highest BCUT2D eigenvalue weighted by Gasteiger charge is 1.96. The van der Waals surface area contributed by atoms with Crippen LogP contribution in [0.2, 0.25) is 0 Å². The van der Waals surface area contributed by atoms with Crippen LogP contribution in [0.25, 0.3) is 0 Å². The van der Waals surface area contributed by atoms with E-state index in [-0.39, 0.29) is 0 Å². The van der Waals surface area contributed by atoms with E-state index in [1.807, 2.05) is 6.07 Å². The highest BCUT2D eigenvalue weighted by atomic mass is 16.7. The maximum absolute atomic E-state index is 9.25. The molecule has 1 aromatic carbocycles. The second kappa shape index (κ2) is 7.54. The summed E-state index contributed by atoms with van der Waals surface area (Å²) in [6.07, 6.45) is 0.833. The Morgan fingerprint density at radius 3 is 2.13 bits per heavy atom. The summed E-state index contributed by atoms with van der Waals surface area (Å²) in [6.45, 7) is 1.23. The van der Waals surface area contributed by atoms with Crippen LogP contribution in [0.3, 0.4) is 0 Å². The molecule has 5 nitrogen and oxygen atoms in total. The molecule has 0 aliphatic carbocycles. The Morgan fingerprint density at radius 2 is 1.80 bits per heavy atom. The molecule has 3 N–H and O–H groups in total. The number of hydrogen-bond donors (Lipinski definition) is 3. The Morgan fingerprint density at radius 1 is 1.33 bits per heavy atom. The van der Waals surface area contributed by atoms with Gasteiger partial charge >= 0.3 is 12.4 Å². The predicted molar refractivity (Wildman–Crippen MR) is 53.1 cm³/mol. The van der Waals surface area contributed by atoms with Crippen molar-refractivity contribution < 1.29 is 24.9 Å². The summed E-state index contributed by atoms with van der Waals surface area (Å²) in [5, 5.41) is 24.3. The van der Waals surface area contributed by atoms with E-state index in [9.17, 15) is 4.79 Å². The van der Waals surface area contributed by atoms with Gasteiger partial charge in [-0.05, 0) is 12.1 Å². The highest BCUT2D eigenvalue weighted by molar-refractivity contribution is 5.78. The molecule has 0 aromatic heterocycles. The van der Waals surface area contributed by atoms with Gasteiger partial charge in [-0.15, -0.1) is 0 Å². The Balaban J connectivity index is 0.000000336. The van der Waals surface area contributed by atoms with Crippen LogP contribution in [0.4, 0.5) is 0 Å². The number of aliphatic hydroxyl groups excluding tert-OH is 1. The molecule has 0 saturated carbocycles. The van der Waals surface area contributed by atoms with Crippen LogP contribution >= 0.6 is 0 Å². The second-order valence-electron chi connectivity index (χ2n) is 2.30. The second-order valence-corrected chi connectivity index (χ2v) is 2.30. The fourth-order valence-corrected chi connectivity index (χ4v) is 0.621. The number of para-hydroxylation sites is 1. The zero-order valence-corrected chi connectivity index (χ0v) is 7.91. The molecule has 0 aliphatic rings. The minimum absolute atomic E-state index is 0.442. The summed E-state index contributed by atoms with van der Waals surface area (Å²) in [7, 11) is 0. The number of carbonyl (C=O) groups is 1. The molecule has 1 rings (SSSR count). The average molecular weight is 212 g/mol. The lowest BCUT2D eigenvalue weighted by atomic mass is 10.3. The van der Waals surface area contributed by atoms with E-state index in [0.717, 1.165) is 6.08 Å². The van der Waals surface area contributed by atoms with E-state index in [1.165, 1.54) is 0 Å². The van der Waals surface area contributed by atoms with Crippen molar-refractivity contribution in [1.29, 1.82) is 0 Å². The largest absolute Gasteiger partial charge is 0.478 e. The molecule has 1 aromatic rings. The van der Waals surface area contributed by atoms with E-state index in [2.05, 4.69) is 11.3 Å². The number of carboxylic acid groups (broad SMARTS) is 1. The SMILES string of the molecule is C=CC(=O)O.OC(O)Oc1ccccc1. The van der Waals surface area contributed by atoms with Crippen molar-refractivity contribution in [3.63, 3.8) is 0 Å². The number of rotatable bonds is 3. The van der Waals surface area contributed by atoms with Crippen LogP contribution in [0.5, 0.6) is 5.75 Å². The number of aliphatic hydroxyl groups is 2.